The van der Waals surface area contributed by atoms with Crippen LogP contribution in [0.2, 0.25) is 5.15 Å². The SMILES string of the molecule is CC(Nc1c(C#N)c(Cl)nc2[nH]ccc12)c1ccc(F)cc1. The van der Waals surface area contributed by atoms with Gasteiger partial charge in [0.2, 0.25) is 0 Å². The molecule has 3 rings (SSSR count). The number of nitriles is 1. The molecule has 0 saturated carbocycles. The van der Waals surface area contributed by atoms with Crippen molar-refractivity contribution in [2.75, 3.05) is 5.32 Å². The van der Waals surface area contributed by atoms with Crippen LogP contribution in [-0.4, -0.2) is 9.97 Å². The van der Waals surface area contributed by atoms with Gasteiger partial charge >= 0.3 is 0 Å². The lowest BCUT2D eigenvalue weighted by Crippen LogP contribution is -2.09. The number of rotatable bonds is 3. The number of nitrogens with one attached hydrogen (secondary N) is 2. The molecule has 0 spiro atoms. The van der Waals surface area contributed by atoms with Crippen molar-refractivity contribution in [3.05, 3.63) is 58.6 Å². The first-order valence-corrected chi connectivity index (χ1v) is 7.06. The Kier molecular flexibility index (Phi) is 3.70. The van der Waals surface area contributed by atoms with Gasteiger partial charge in [-0.3, -0.25) is 0 Å². The first kappa shape index (κ1) is 14.4. The number of fused-ring (bicyclic) bond motifs is 1. The molecule has 0 bridgehead atoms. The van der Waals surface area contributed by atoms with Crippen LogP contribution in [0, 0.1) is 17.1 Å². The van der Waals surface area contributed by atoms with Crippen LogP contribution < -0.4 is 5.32 Å². The highest BCUT2D eigenvalue weighted by molar-refractivity contribution is 6.31. The molecule has 0 saturated heterocycles. The number of halogens is 2. The fourth-order valence-electron chi connectivity index (χ4n) is 2.35. The van der Waals surface area contributed by atoms with Crippen molar-refractivity contribution in [1.29, 1.82) is 5.26 Å². The van der Waals surface area contributed by atoms with E-state index in [1.807, 2.05) is 13.0 Å². The average molecular weight is 315 g/mol. The van der Waals surface area contributed by atoms with Gasteiger partial charge in [0.25, 0.3) is 0 Å². The molecule has 110 valence electrons. The van der Waals surface area contributed by atoms with Gasteiger partial charge in [-0.05, 0) is 30.7 Å². The Morgan fingerprint density at radius 2 is 2.05 bits per heavy atom. The van der Waals surface area contributed by atoms with Crippen molar-refractivity contribution < 1.29 is 4.39 Å². The molecule has 0 aliphatic heterocycles. The largest absolute Gasteiger partial charge is 0.377 e. The lowest BCUT2D eigenvalue weighted by Gasteiger charge is -2.18. The Morgan fingerprint density at radius 3 is 2.73 bits per heavy atom. The lowest BCUT2D eigenvalue weighted by molar-refractivity contribution is 0.626. The Bertz CT molecular complexity index is 864. The molecule has 1 unspecified atom stereocenters. The normalized spacial score (nSPS) is 12.1. The van der Waals surface area contributed by atoms with Crippen LogP contribution in [0.15, 0.2) is 36.5 Å². The van der Waals surface area contributed by atoms with Crippen molar-refractivity contribution >= 4 is 28.3 Å². The minimum absolute atomic E-state index is 0.121. The van der Waals surface area contributed by atoms with Crippen molar-refractivity contribution in [3.8, 4) is 6.07 Å². The van der Waals surface area contributed by atoms with Crippen LogP contribution >= 0.6 is 11.6 Å². The van der Waals surface area contributed by atoms with Gasteiger partial charge in [-0.15, -0.1) is 0 Å². The summed E-state index contributed by atoms with van der Waals surface area (Å²) in [5.41, 5.74) is 2.43. The van der Waals surface area contributed by atoms with Gasteiger partial charge < -0.3 is 10.3 Å². The monoisotopic (exact) mass is 314 g/mol. The Hall–Kier alpha value is -2.58. The van der Waals surface area contributed by atoms with E-state index < -0.39 is 0 Å². The zero-order chi connectivity index (χ0) is 15.7. The van der Waals surface area contributed by atoms with Crippen LogP contribution in [-0.2, 0) is 0 Å². The smallest absolute Gasteiger partial charge is 0.151 e. The maximum atomic E-state index is 13.0. The van der Waals surface area contributed by atoms with E-state index in [4.69, 9.17) is 11.6 Å². The molecular weight excluding hydrogens is 303 g/mol. The Labute approximate surface area is 131 Å². The molecule has 0 fully saturated rings. The summed E-state index contributed by atoms with van der Waals surface area (Å²) < 4.78 is 13.0. The minimum Gasteiger partial charge on any atom is -0.377 e. The highest BCUT2D eigenvalue weighted by Gasteiger charge is 2.17. The van der Waals surface area contributed by atoms with Crippen LogP contribution in [0.5, 0.6) is 0 Å². The maximum absolute atomic E-state index is 13.0. The zero-order valence-electron chi connectivity index (χ0n) is 11.7. The van der Waals surface area contributed by atoms with E-state index in [0.29, 0.717) is 16.9 Å². The summed E-state index contributed by atoms with van der Waals surface area (Å²) in [4.78, 5) is 7.13. The molecule has 0 aliphatic carbocycles. The number of hydrogen-bond acceptors (Lipinski definition) is 3. The van der Waals surface area contributed by atoms with Gasteiger partial charge in [-0.2, -0.15) is 5.26 Å². The van der Waals surface area contributed by atoms with E-state index in [0.717, 1.165) is 10.9 Å². The van der Waals surface area contributed by atoms with E-state index >= 15 is 0 Å². The second-order valence-electron chi connectivity index (χ2n) is 4.92. The molecule has 2 N–H and O–H groups in total. The molecule has 3 aromatic rings. The number of anilines is 1. The summed E-state index contributed by atoms with van der Waals surface area (Å²) in [6, 6.07) is 10.0. The average Bonchev–Trinajstić information content (AvgIpc) is 2.96. The van der Waals surface area contributed by atoms with E-state index in [1.165, 1.54) is 12.1 Å². The van der Waals surface area contributed by atoms with Gasteiger partial charge in [0.1, 0.15) is 23.1 Å². The summed E-state index contributed by atoms with van der Waals surface area (Å²) in [6.45, 7) is 1.93. The molecule has 22 heavy (non-hydrogen) atoms. The number of H-pyrrole nitrogens is 1. The minimum atomic E-state index is -0.284. The number of aromatic nitrogens is 2. The predicted molar refractivity (Wildman–Crippen MR) is 84.3 cm³/mol. The third kappa shape index (κ3) is 2.49. The summed E-state index contributed by atoms with van der Waals surface area (Å²) in [5, 5.41) is 13.6. The maximum Gasteiger partial charge on any atom is 0.151 e. The summed E-state index contributed by atoms with van der Waals surface area (Å²) in [5.74, 6) is -0.284. The second-order valence-corrected chi connectivity index (χ2v) is 5.28. The van der Waals surface area contributed by atoms with Crippen LogP contribution in [0.25, 0.3) is 11.0 Å². The van der Waals surface area contributed by atoms with Gasteiger partial charge in [0.15, 0.2) is 5.15 Å². The molecule has 2 heterocycles. The van der Waals surface area contributed by atoms with E-state index in [9.17, 15) is 9.65 Å². The highest BCUT2D eigenvalue weighted by Crippen LogP contribution is 2.32. The van der Waals surface area contributed by atoms with Crippen LogP contribution in [0.3, 0.4) is 0 Å². The highest BCUT2D eigenvalue weighted by atomic mass is 35.5. The quantitative estimate of drug-likeness (QED) is 0.704. The van der Waals surface area contributed by atoms with Crippen molar-refractivity contribution in [2.24, 2.45) is 0 Å². The zero-order valence-corrected chi connectivity index (χ0v) is 12.4. The molecule has 4 nitrogen and oxygen atoms in total. The number of pyridine rings is 1. The summed E-state index contributed by atoms with van der Waals surface area (Å²) in [6.07, 6.45) is 1.74. The number of hydrogen-bond donors (Lipinski definition) is 2. The third-order valence-corrected chi connectivity index (χ3v) is 3.78. The van der Waals surface area contributed by atoms with Crippen LogP contribution in [0.1, 0.15) is 24.1 Å². The molecule has 1 aromatic carbocycles. The molecular formula is C16H12ClFN4. The first-order chi connectivity index (χ1) is 10.6. The Morgan fingerprint density at radius 1 is 1.32 bits per heavy atom. The topological polar surface area (TPSA) is 64.5 Å². The second kappa shape index (κ2) is 5.66. The summed E-state index contributed by atoms with van der Waals surface area (Å²) in [7, 11) is 0. The fourth-order valence-corrected chi connectivity index (χ4v) is 2.57. The lowest BCUT2D eigenvalue weighted by atomic mass is 10.1. The third-order valence-electron chi connectivity index (χ3n) is 3.50. The number of benzene rings is 1. The fraction of sp³-hybridized carbons (Fsp3) is 0.125. The summed E-state index contributed by atoms with van der Waals surface area (Å²) >= 11 is 6.07. The number of aromatic amines is 1. The first-order valence-electron chi connectivity index (χ1n) is 6.69. The molecule has 0 radical (unpaired) electrons. The predicted octanol–water partition coefficient (Wildman–Crippen LogP) is 4.40. The molecule has 2 aromatic heterocycles. The molecule has 6 heteroatoms. The van der Waals surface area contributed by atoms with Crippen molar-refractivity contribution in [3.63, 3.8) is 0 Å². The van der Waals surface area contributed by atoms with E-state index in [1.54, 1.807) is 18.3 Å². The van der Waals surface area contributed by atoms with Crippen molar-refractivity contribution in [1.82, 2.24) is 9.97 Å². The molecule has 0 amide bonds. The van der Waals surface area contributed by atoms with Crippen LogP contribution in [0.4, 0.5) is 10.1 Å². The standard InChI is InChI=1S/C16H12ClFN4/c1-9(10-2-4-11(18)5-3-10)21-14-12-6-7-20-16(12)22-15(17)13(14)8-19/h2-7,9H,1H3,(H2,20,21,22). The van der Waals surface area contributed by atoms with Gasteiger partial charge in [-0.1, -0.05) is 23.7 Å². The Balaban J connectivity index is 2.04. The van der Waals surface area contributed by atoms with Gasteiger partial charge in [0.05, 0.1) is 5.69 Å². The molecule has 1 atom stereocenters. The van der Waals surface area contributed by atoms with Gasteiger partial charge in [-0.25, -0.2) is 9.37 Å². The van der Waals surface area contributed by atoms with Crippen molar-refractivity contribution in [2.45, 2.75) is 13.0 Å². The molecule has 0 aliphatic rings. The van der Waals surface area contributed by atoms with E-state index in [2.05, 4.69) is 21.4 Å². The van der Waals surface area contributed by atoms with E-state index in [-0.39, 0.29) is 17.0 Å². The van der Waals surface area contributed by atoms with Gasteiger partial charge in [0, 0.05) is 17.6 Å². The number of nitrogens with zero attached hydrogens (tertiary/aromatic N) is 2.